The van der Waals surface area contributed by atoms with E-state index in [1.165, 1.54) is 31.1 Å². The third-order valence-electron chi connectivity index (χ3n) is 6.19. The molecule has 0 saturated carbocycles. The van der Waals surface area contributed by atoms with E-state index in [1.54, 1.807) is 0 Å². The number of amides is 1. The number of hydrogen-bond donors (Lipinski definition) is 3. The van der Waals surface area contributed by atoms with Gasteiger partial charge < -0.3 is 21.3 Å². The van der Waals surface area contributed by atoms with Crippen LogP contribution in [0.1, 0.15) is 42.1 Å². The lowest BCUT2D eigenvalue weighted by Crippen LogP contribution is -2.33. The van der Waals surface area contributed by atoms with Crippen LogP contribution in [0.3, 0.4) is 0 Å². The van der Waals surface area contributed by atoms with Gasteiger partial charge in [0.15, 0.2) is 0 Å². The van der Waals surface area contributed by atoms with Crippen LogP contribution < -0.4 is 21.3 Å². The van der Waals surface area contributed by atoms with Crippen molar-refractivity contribution in [3.63, 3.8) is 0 Å². The first-order chi connectivity index (χ1) is 17.0. The number of hydrogen-bond acceptors (Lipinski definition) is 7. The molecule has 3 aromatic rings. The molecule has 35 heavy (non-hydrogen) atoms. The number of carbonyl (C=O) groups excluding carboxylic acids is 3. The van der Waals surface area contributed by atoms with Crippen molar-refractivity contribution in [2.75, 3.05) is 28.6 Å². The summed E-state index contributed by atoms with van der Waals surface area (Å²) in [5.74, 6) is 1.02. The highest BCUT2D eigenvalue weighted by molar-refractivity contribution is 5.98. The number of carbonyl (C=O) groups is 1. The topological polar surface area (TPSA) is 117 Å². The summed E-state index contributed by atoms with van der Waals surface area (Å²) in [6, 6.07) is 20.3. The summed E-state index contributed by atoms with van der Waals surface area (Å²) in [7, 11) is 0. The van der Waals surface area contributed by atoms with E-state index in [9.17, 15) is 4.79 Å². The third-order valence-corrected chi connectivity index (χ3v) is 6.19. The number of nitrogens with zero attached hydrogens (tertiary/aromatic N) is 2. The monoisotopic (exact) mass is 473 g/mol. The van der Waals surface area contributed by atoms with Gasteiger partial charge in [-0.15, -0.1) is 0 Å². The van der Waals surface area contributed by atoms with Crippen LogP contribution in [0.2, 0.25) is 0 Å². The van der Waals surface area contributed by atoms with Crippen molar-refractivity contribution >= 4 is 34.9 Å². The fraction of sp³-hybridized carbons (Fsp3) is 0.296. The minimum Gasteiger partial charge on any atom is -0.380 e. The molecule has 4 rings (SSSR count). The summed E-state index contributed by atoms with van der Waals surface area (Å²) in [6.45, 7) is 5.12. The molecule has 1 aliphatic heterocycles. The zero-order valence-electron chi connectivity index (χ0n) is 19.9. The first kappa shape index (κ1) is 25.5. The summed E-state index contributed by atoms with van der Waals surface area (Å²) >= 11 is 0. The average Bonchev–Trinajstić information content (AvgIpc) is 2.89. The van der Waals surface area contributed by atoms with Gasteiger partial charge in [-0.1, -0.05) is 43.7 Å². The summed E-state index contributed by atoms with van der Waals surface area (Å²) in [4.78, 5) is 34.9. The second-order valence-corrected chi connectivity index (χ2v) is 8.41. The molecule has 0 atom stereocenters. The predicted molar refractivity (Wildman–Crippen MR) is 136 cm³/mol. The van der Waals surface area contributed by atoms with Gasteiger partial charge in [0.05, 0.1) is 11.3 Å². The summed E-state index contributed by atoms with van der Waals surface area (Å²) < 4.78 is 0. The van der Waals surface area contributed by atoms with Crippen molar-refractivity contribution < 1.29 is 14.4 Å². The van der Waals surface area contributed by atoms with E-state index in [0.717, 1.165) is 30.3 Å². The number of aromatic nitrogens is 1. The SMILES string of the molecule is CCC1CCN(c2ccc(Nc3cc(NCc4ccccc4)c(C(N)=O)cn3)cc2)CC1.O=C=O. The molecule has 4 N–H and O–H groups in total. The quantitative estimate of drug-likeness (QED) is 0.438. The summed E-state index contributed by atoms with van der Waals surface area (Å²) in [6.07, 6.45) is 5.58. The van der Waals surface area contributed by atoms with Gasteiger partial charge in [0, 0.05) is 43.3 Å². The Balaban J connectivity index is 0.00000108. The second kappa shape index (κ2) is 12.9. The Hall–Kier alpha value is -4.16. The molecular weight excluding hydrogens is 442 g/mol. The van der Waals surface area contributed by atoms with E-state index in [0.29, 0.717) is 23.6 Å². The minimum absolute atomic E-state index is 0.250. The zero-order valence-corrected chi connectivity index (χ0v) is 19.9. The maximum atomic E-state index is 11.8. The first-order valence-corrected chi connectivity index (χ1v) is 11.7. The molecule has 0 bridgehead atoms. The van der Waals surface area contributed by atoms with Gasteiger partial charge in [0.2, 0.25) is 0 Å². The molecule has 0 radical (unpaired) electrons. The number of nitrogens with one attached hydrogen (secondary N) is 2. The van der Waals surface area contributed by atoms with Crippen molar-refractivity contribution in [3.8, 4) is 0 Å². The Morgan fingerprint density at radius 2 is 1.74 bits per heavy atom. The van der Waals surface area contributed by atoms with Crippen LogP contribution in [-0.4, -0.2) is 30.1 Å². The fourth-order valence-electron chi connectivity index (χ4n) is 4.16. The Morgan fingerprint density at radius 3 is 2.34 bits per heavy atom. The fourth-order valence-corrected chi connectivity index (χ4v) is 4.16. The van der Waals surface area contributed by atoms with E-state index in [-0.39, 0.29) is 6.15 Å². The highest BCUT2D eigenvalue weighted by atomic mass is 16.2. The number of piperidine rings is 1. The van der Waals surface area contributed by atoms with Crippen LogP contribution in [-0.2, 0) is 16.1 Å². The van der Waals surface area contributed by atoms with Crippen molar-refractivity contribution in [2.24, 2.45) is 11.7 Å². The van der Waals surface area contributed by atoms with Crippen LogP contribution in [0.15, 0.2) is 66.9 Å². The largest absolute Gasteiger partial charge is 0.380 e. The van der Waals surface area contributed by atoms with Crippen molar-refractivity contribution in [3.05, 3.63) is 78.0 Å². The molecule has 0 unspecified atom stereocenters. The smallest absolute Gasteiger partial charge is 0.373 e. The number of rotatable bonds is 8. The lowest BCUT2D eigenvalue weighted by atomic mass is 9.94. The van der Waals surface area contributed by atoms with Gasteiger partial charge >= 0.3 is 6.15 Å². The first-order valence-electron chi connectivity index (χ1n) is 11.7. The maximum Gasteiger partial charge on any atom is 0.373 e. The van der Waals surface area contributed by atoms with E-state index in [1.807, 2.05) is 36.4 Å². The molecule has 8 nitrogen and oxygen atoms in total. The van der Waals surface area contributed by atoms with Crippen LogP contribution in [0, 0.1) is 5.92 Å². The number of anilines is 4. The predicted octanol–water partition coefficient (Wildman–Crippen LogP) is 4.58. The van der Waals surface area contributed by atoms with Gasteiger partial charge in [-0.25, -0.2) is 4.98 Å². The maximum absolute atomic E-state index is 11.8. The molecule has 182 valence electrons. The standard InChI is InChI=1S/C26H31N5O.CO2/c1-2-19-12-14-31(15-13-19)22-10-8-21(9-11-22)30-25-16-24(23(18-29-25)26(27)32)28-17-20-6-4-3-5-7-20;2-1-3/h3-11,16,18-19H,2,12-15,17H2,1H3,(H2,27,32)(H2,28,29,30);. The molecule has 0 aliphatic carbocycles. The van der Waals surface area contributed by atoms with E-state index in [2.05, 4.69) is 51.7 Å². The lowest BCUT2D eigenvalue weighted by molar-refractivity contribution is -0.191. The molecular formula is C27H31N5O3. The molecule has 2 aromatic carbocycles. The highest BCUT2D eigenvalue weighted by Crippen LogP contribution is 2.27. The normalized spacial score (nSPS) is 13.2. The van der Waals surface area contributed by atoms with Gasteiger partial charge in [0.25, 0.3) is 5.91 Å². The van der Waals surface area contributed by atoms with E-state index in [4.69, 9.17) is 15.3 Å². The molecule has 1 amide bonds. The third kappa shape index (κ3) is 7.42. The average molecular weight is 474 g/mol. The Kier molecular flexibility index (Phi) is 9.39. The lowest BCUT2D eigenvalue weighted by Gasteiger charge is -2.33. The van der Waals surface area contributed by atoms with Crippen LogP contribution in [0.25, 0.3) is 0 Å². The highest BCUT2D eigenvalue weighted by Gasteiger charge is 2.18. The molecule has 0 spiro atoms. The summed E-state index contributed by atoms with van der Waals surface area (Å²) in [5, 5.41) is 6.64. The Bertz CT molecular complexity index is 1120. The number of primary amides is 1. The van der Waals surface area contributed by atoms with E-state index >= 15 is 0 Å². The van der Waals surface area contributed by atoms with Crippen LogP contribution in [0.4, 0.5) is 22.9 Å². The number of benzene rings is 2. The molecule has 1 saturated heterocycles. The minimum atomic E-state index is -0.504. The van der Waals surface area contributed by atoms with Crippen LogP contribution in [0.5, 0.6) is 0 Å². The Morgan fingerprint density at radius 1 is 1.09 bits per heavy atom. The number of pyridine rings is 1. The Labute approximate surface area is 205 Å². The van der Waals surface area contributed by atoms with Crippen molar-refractivity contribution in [2.45, 2.75) is 32.7 Å². The molecule has 1 aliphatic rings. The molecule has 8 heteroatoms. The molecule has 2 heterocycles. The second-order valence-electron chi connectivity index (χ2n) is 8.41. The van der Waals surface area contributed by atoms with E-state index < -0.39 is 5.91 Å². The van der Waals surface area contributed by atoms with Crippen LogP contribution >= 0.6 is 0 Å². The van der Waals surface area contributed by atoms with Gasteiger partial charge in [-0.3, -0.25) is 4.79 Å². The zero-order chi connectivity index (χ0) is 25.0. The van der Waals surface area contributed by atoms with Crippen molar-refractivity contribution in [1.82, 2.24) is 4.98 Å². The molecule has 1 fully saturated rings. The van der Waals surface area contributed by atoms with Crippen molar-refractivity contribution in [1.29, 1.82) is 0 Å². The van der Waals surface area contributed by atoms with Gasteiger partial charge in [-0.2, -0.15) is 9.59 Å². The summed E-state index contributed by atoms with van der Waals surface area (Å²) in [5.41, 5.74) is 9.91. The van der Waals surface area contributed by atoms with Gasteiger partial charge in [0.1, 0.15) is 5.82 Å². The number of nitrogens with two attached hydrogens (primary N) is 1. The molecule has 1 aromatic heterocycles. The van der Waals surface area contributed by atoms with Gasteiger partial charge in [-0.05, 0) is 48.6 Å².